The maximum Gasteiger partial charge on any atom is 0.200 e. The number of fused-ring (bicyclic) bond motifs is 4. The summed E-state index contributed by atoms with van der Waals surface area (Å²) in [6.07, 6.45) is 17.4. The molecular formula is C59H76BN2S. The predicted octanol–water partition coefficient (Wildman–Crippen LogP) is 16.5. The van der Waals surface area contributed by atoms with Gasteiger partial charge in [-0.2, -0.15) is 0 Å². The van der Waals surface area contributed by atoms with Crippen molar-refractivity contribution in [3.63, 3.8) is 0 Å². The van der Waals surface area contributed by atoms with E-state index >= 15 is 0 Å². The number of hydrogen-bond acceptors (Lipinski definition) is 3. The van der Waals surface area contributed by atoms with Gasteiger partial charge in [-0.25, -0.2) is 0 Å². The minimum atomic E-state index is -0.0219. The molecule has 5 unspecified atom stereocenters. The first-order valence-corrected chi connectivity index (χ1v) is 24.8. The lowest BCUT2D eigenvalue weighted by Crippen LogP contribution is -2.42. The highest BCUT2D eigenvalue weighted by Gasteiger charge is 2.42. The fourth-order valence-corrected chi connectivity index (χ4v) is 11.3. The van der Waals surface area contributed by atoms with E-state index in [1.54, 1.807) is 0 Å². The van der Waals surface area contributed by atoms with E-state index in [9.17, 15) is 0 Å². The Balaban J connectivity index is 1.55. The largest absolute Gasteiger partial charge is 0.333 e. The van der Waals surface area contributed by atoms with E-state index in [4.69, 9.17) is 0 Å². The number of benzene rings is 3. The third-order valence-electron chi connectivity index (χ3n) is 14.4. The number of anilines is 2. The van der Waals surface area contributed by atoms with Gasteiger partial charge in [0.15, 0.2) is 7.28 Å². The topological polar surface area (TPSA) is 6.48 Å². The van der Waals surface area contributed by atoms with Gasteiger partial charge >= 0.3 is 0 Å². The first-order chi connectivity index (χ1) is 29.7. The van der Waals surface area contributed by atoms with Crippen LogP contribution in [0.3, 0.4) is 0 Å². The summed E-state index contributed by atoms with van der Waals surface area (Å²) < 4.78 is 2.68. The lowest BCUT2D eigenvalue weighted by Gasteiger charge is -2.46. The quantitative estimate of drug-likeness (QED) is 0.122. The molecule has 0 spiro atoms. The van der Waals surface area contributed by atoms with Gasteiger partial charge in [0.25, 0.3) is 0 Å². The van der Waals surface area contributed by atoms with Crippen LogP contribution in [0.5, 0.6) is 0 Å². The zero-order valence-corrected chi connectivity index (χ0v) is 41.9. The highest BCUT2D eigenvalue weighted by Crippen LogP contribution is 2.52. The van der Waals surface area contributed by atoms with Crippen LogP contribution in [-0.4, -0.2) is 13.3 Å². The van der Waals surface area contributed by atoms with Gasteiger partial charge < -0.3 is 9.80 Å². The molecule has 3 aromatic carbocycles. The molecule has 4 aromatic rings. The van der Waals surface area contributed by atoms with E-state index in [2.05, 4.69) is 223 Å². The summed E-state index contributed by atoms with van der Waals surface area (Å²) in [4.78, 5) is 5.21. The molecule has 2 nitrogen and oxygen atoms in total. The standard InChI is InChI=1S/C59H76BN2S/c1-16-20-45-31-32-61(44-29-26-43(27-30-44)57(7,8)9)46(28-25-39(4)38(2)3)37-60-56-55(50-33-47-40(5)23-24-41(6)48(47)35-54(50)63-56)62(45)53-36-52(59(13,14)15)51(58(10,11)12)34-49(53)42-21-18-17-19-22-42/h16-19,21-22,26-27,29-38,40-41,45,51-52H,1,4,20,23-25,28H2,2-3,5-15H3/b32-31+,46-37-. The fourth-order valence-electron chi connectivity index (χ4n) is 10.2. The van der Waals surface area contributed by atoms with Crippen LogP contribution in [0.2, 0.25) is 0 Å². The molecule has 2 aliphatic carbocycles. The Morgan fingerprint density at radius 2 is 1.46 bits per heavy atom. The van der Waals surface area contributed by atoms with Crippen molar-refractivity contribution in [3.8, 4) is 0 Å². The Morgan fingerprint density at radius 1 is 0.841 bits per heavy atom. The van der Waals surface area contributed by atoms with Crippen LogP contribution in [0, 0.1) is 28.6 Å². The van der Waals surface area contributed by atoms with Gasteiger partial charge in [0.2, 0.25) is 0 Å². The summed E-state index contributed by atoms with van der Waals surface area (Å²) in [6, 6.07) is 25.6. The molecule has 1 aliphatic heterocycles. The van der Waals surface area contributed by atoms with E-state index in [1.807, 2.05) is 11.3 Å². The molecule has 1 radical (unpaired) electrons. The minimum absolute atomic E-state index is 0.0219. The number of nitrogens with zero attached hydrogens (tertiary/aromatic N) is 2. The van der Waals surface area contributed by atoms with Crippen molar-refractivity contribution in [2.45, 2.75) is 145 Å². The van der Waals surface area contributed by atoms with Crippen molar-refractivity contribution in [2.75, 3.05) is 9.80 Å². The maximum atomic E-state index is 4.54. The molecule has 0 N–H and O–H groups in total. The Hall–Kier alpha value is -4.28. The third kappa shape index (κ3) is 9.88. The number of rotatable bonds is 9. The van der Waals surface area contributed by atoms with Crippen molar-refractivity contribution >= 4 is 50.4 Å². The molecule has 4 heteroatoms. The van der Waals surface area contributed by atoms with Crippen LogP contribution in [-0.2, 0) is 5.41 Å². The van der Waals surface area contributed by atoms with Crippen molar-refractivity contribution in [2.24, 2.45) is 28.6 Å². The fraction of sp³-hybridized carbons (Fsp3) is 0.458. The van der Waals surface area contributed by atoms with Gasteiger partial charge in [0.1, 0.15) is 0 Å². The van der Waals surface area contributed by atoms with Gasteiger partial charge in [0.05, 0.1) is 11.7 Å². The van der Waals surface area contributed by atoms with Gasteiger partial charge in [-0.1, -0.05) is 169 Å². The molecule has 0 bridgehead atoms. The summed E-state index contributed by atoms with van der Waals surface area (Å²) >= 11 is 1.97. The Labute approximate surface area is 387 Å². The van der Waals surface area contributed by atoms with E-state index in [0.717, 1.165) is 19.3 Å². The third-order valence-corrected chi connectivity index (χ3v) is 15.5. The first kappa shape index (κ1) is 46.7. The second-order valence-corrected chi connectivity index (χ2v) is 23.6. The summed E-state index contributed by atoms with van der Waals surface area (Å²) in [5.41, 5.74) is 13.5. The molecular weight excluding hydrogens is 780 g/mol. The second kappa shape index (κ2) is 18.3. The van der Waals surface area contributed by atoms with Crippen LogP contribution in [0.25, 0.3) is 15.7 Å². The lowest BCUT2D eigenvalue weighted by atomic mass is 9.61. The Kier molecular flexibility index (Phi) is 13.6. The van der Waals surface area contributed by atoms with Crippen molar-refractivity contribution in [1.82, 2.24) is 0 Å². The van der Waals surface area contributed by atoms with Gasteiger partial charge in [0, 0.05) is 38.9 Å². The van der Waals surface area contributed by atoms with Crippen LogP contribution >= 0.6 is 11.3 Å². The van der Waals surface area contributed by atoms with Crippen molar-refractivity contribution < 1.29 is 0 Å². The highest BCUT2D eigenvalue weighted by molar-refractivity contribution is 7.28. The maximum absolute atomic E-state index is 4.54. The van der Waals surface area contributed by atoms with E-state index < -0.39 is 0 Å². The minimum Gasteiger partial charge on any atom is -0.333 e. The Morgan fingerprint density at radius 3 is 2.05 bits per heavy atom. The molecule has 7 rings (SSSR count). The monoisotopic (exact) mass is 856 g/mol. The van der Waals surface area contributed by atoms with Crippen LogP contribution in [0.1, 0.15) is 156 Å². The van der Waals surface area contributed by atoms with E-state index in [0.29, 0.717) is 29.6 Å². The molecule has 0 saturated carbocycles. The predicted molar refractivity (Wildman–Crippen MR) is 281 cm³/mol. The van der Waals surface area contributed by atoms with Crippen molar-refractivity contribution in [3.05, 3.63) is 156 Å². The number of allylic oxidation sites excluding steroid dienone is 5. The molecule has 0 fully saturated rings. The summed E-state index contributed by atoms with van der Waals surface area (Å²) in [5, 5.41) is 1.37. The molecule has 331 valence electrons. The van der Waals surface area contributed by atoms with Gasteiger partial charge in [-0.05, 0) is 135 Å². The number of thiophene rings is 1. The number of hydrogen-bond donors (Lipinski definition) is 0. The molecule has 3 aliphatic rings. The summed E-state index contributed by atoms with van der Waals surface area (Å²) in [7, 11) is 2.46. The summed E-state index contributed by atoms with van der Waals surface area (Å²) in [5.74, 6) is 4.61. The normalized spacial score (nSPS) is 23.5. The zero-order valence-electron chi connectivity index (χ0n) is 41.1. The van der Waals surface area contributed by atoms with Crippen LogP contribution < -0.4 is 14.6 Å². The van der Waals surface area contributed by atoms with Crippen molar-refractivity contribution in [1.29, 1.82) is 0 Å². The van der Waals surface area contributed by atoms with E-state index in [-0.39, 0.29) is 22.3 Å². The Bertz CT molecular complexity index is 2420. The molecule has 63 heavy (non-hydrogen) atoms. The van der Waals surface area contributed by atoms with Gasteiger partial charge in [-0.3, -0.25) is 0 Å². The first-order valence-electron chi connectivity index (χ1n) is 24.0. The molecule has 0 amide bonds. The molecule has 1 aromatic heterocycles. The van der Waals surface area contributed by atoms with Crippen LogP contribution in [0.4, 0.5) is 11.4 Å². The summed E-state index contributed by atoms with van der Waals surface area (Å²) in [6.45, 7) is 39.9. The van der Waals surface area contributed by atoms with Gasteiger partial charge in [-0.15, -0.1) is 17.9 Å². The zero-order chi connectivity index (χ0) is 45.6. The van der Waals surface area contributed by atoms with Crippen LogP contribution in [0.15, 0.2) is 133 Å². The SMILES string of the molecule is C=CCC1/C=C/N(c2ccc(C(C)(C)C)cc2)/C(CCC(=C)C(C)C)=C\[B]c2sc3cc4c(cc3c2N1C1=CC(C(C)(C)C)C(C(C)(C)C)C=C1c1ccccc1)C(C)CCC4C. The highest BCUT2D eigenvalue weighted by atomic mass is 32.1. The molecule has 5 atom stereocenters. The smallest absolute Gasteiger partial charge is 0.200 e. The lowest BCUT2D eigenvalue weighted by molar-refractivity contribution is 0.141. The average Bonchev–Trinajstić information content (AvgIpc) is 3.58. The second-order valence-electron chi connectivity index (χ2n) is 22.6. The molecule has 0 saturated heterocycles. The van der Waals surface area contributed by atoms with E-state index in [1.165, 1.54) is 83.9 Å². The molecule has 2 heterocycles. The average molecular weight is 856 g/mol.